The van der Waals surface area contributed by atoms with E-state index in [2.05, 4.69) is 0 Å². The largest absolute Gasteiger partial charge is 0.391 e. The number of benzene rings is 1. The van der Waals surface area contributed by atoms with Crippen molar-refractivity contribution in [1.29, 1.82) is 0 Å². The van der Waals surface area contributed by atoms with E-state index in [1.807, 2.05) is 43.3 Å². The molecule has 1 nitrogen and oxygen atoms in total. The van der Waals surface area contributed by atoms with Crippen molar-refractivity contribution in [3.8, 4) is 0 Å². The Bertz CT molecular complexity index is 254. The van der Waals surface area contributed by atoms with Crippen LogP contribution in [0.4, 0.5) is 0 Å². The smallest absolute Gasteiger partial charge is 0.0740 e. The van der Waals surface area contributed by atoms with Crippen LogP contribution in [-0.4, -0.2) is 11.7 Å². The van der Waals surface area contributed by atoms with E-state index in [0.29, 0.717) is 0 Å². The zero-order valence-corrected chi connectivity index (χ0v) is 7.84. The molecule has 0 spiro atoms. The quantitative estimate of drug-likeness (QED) is 0.722. The predicted octanol–water partition coefficient (Wildman–Crippen LogP) is 2.67. The zero-order chi connectivity index (χ0) is 8.81. The third kappa shape index (κ3) is 2.72. The van der Waals surface area contributed by atoms with Gasteiger partial charge in [0.05, 0.1) is 6.61 Å². The minimum Gasteiger partial charge on any atom is -0.391 e. The molecule has 0 unspecified atom stereocenters. The molecule has 0 saturated carbocycles. The van der Waals surface area contributed by atoms with Crippen molar-refractivity contribution in [2.75, 3.05) is 6.61 Å². The van der Waals surface area contributed by atoms with E-state index in [-0.39, 0.29) is 6.61 Å². The maximum atomic E-state index is 8.90. The van der Waals surface area contributed by atoms with Crippen LogP contribution in [0, 0.1) is 0 Å². The van der Waals surface area contributed by atoms with Crippen molar-refractivity contribution in [2.24, 2.45) is 0 Å². The number of aliphatic hydroxyl groups is 1. The number of allylic oxidation sites excluding steroid dienone is 1. The summed E-state index contributed by atoms with van der Waals surface area (Å²) in [6.07, 6.45) is 1.93. The summed E-state index contributed by atoms with van der Waals surface area (Å²) >= 11 is 1.60. The Hall–Kier alpha value is -0.730. The molecule has 0 aliphatic rings. The van der Waals surface area contributed by atoms with Gasteiger partial charge in [-0.3, -0.25) is 0 Å². The Morgan fingerprint density at radius 3 is 2.58 bits per heavy atom. The molecule has 0 atom stereocenters. The lowest BCUT2D eigenvalue weighted by atomic mass is 10.4. The Labute approximate surface area is 77.1 Å². The lowest BCUT2D eigenvalue weighted by molar-refractivity contribution is 0.339. The van der Waals surface area contributed by atoms with Crippen LogP contribution in [0.1, 0.15) is 6.92 Å². The second-order valence-electron chi connectivity index (χ2n) is 2.33. The summed E-state index contributed by atoms with van der Waals surface area (Å²) < 4.78 is 0. The molecular formula is C10H12OS. The van der Waals surface area contributed by atoms with Gasteiger partial charge in [-0.2, -0.15) is 0 Å². The first-order valence-electron chi connectivity index (χ1n) is 3.85. The summed E-state index contributed by atoms with van der Waals surface area (Å²) in [7, 11) is 0. The highest BCUT2D eigenvalue weighted by Crippen LogP contribution is 2.25. The van der Waals surface area contributed by atoms with Crippen molar-refractivity contribution >= 4 is 11.8 Å². The highest BCUT2D eigenvalue weighted by Gasteiger charge is 1.96. The van der Waals surface area contributed by atoms with Gasteiger partial charge < -0.3 is 5.11 Å². The summed E-state index contributed by atoms with van der Waals surface area (Å²) in [5.41, 5.74) is 0. The van der Waals surface area contributed by atoms with Crippen LogP contribution in [0.5, 0.6) is 0 Å². The van der Waals surface area contributed by atoms with Gasteiger partial charge >= 0.3 is 0 Å². The second kappa shape index (κ2) is 5.01. The fraction of sp³-hybridized carbons (Fsp3) is 0.200. The molecule has 0 amide bonds. The van der Waals surface area contributed by atoms with Gasteiger partial charge in [0.2, 0.25) is 0 Å². The van der Waals surface area contributed by atoms with Crippen molar-refractivity contribution in [2.45, 2.75) is 11.8 Å². The van der Waals surface area contributed by atoms with Gasteiger partial charge in [-0.25, -0.2) is 0 Å². The molecule has 0 saturated heterocycles. The van der Waals surface area contributed by atoms with Crippen molar-refractivity contribution in [1.82, 2.24) is 0 Å². The molecule has 1 N–H and O–H groups in total. The molecule has 0 aliphatic carbocycles. The van der Waals surface area contributed by atoms with Crippen LogP contribution in [0.3, 0.4) is 0 Å². The molecule has 12 heavy (non-hydrogen) atoms. The first-order valence-corrected chi connectivity index (χ1v) is 4.67. The summed E-state index contributed by atoms with van der Waals surface area (Å²) in [5.74, 6) is 0. The van der Waals surface area contributed by atoms with Crippen LogP contribution in [-0.2, 0) is 0 Å². The van der Waals surface area contributed by atoms with E-state index in [0.717, 1.165) is 4.91 Å². The van der Waals surface area contributed by atoms with E-state index in [9.17, 15) is 0 Å². The van der Waals surface area contributed by atoms with E-state index in [4.69, 9.17) is 5.11 Å². The molecule has 1 rings (SSSR count). The minimum absolute atomic E-state index is 0.121. The molecular weight excluding hydrogens is 168 g/mol. The topological polar surface area (TPSA) is 20.2 Å². The van der Waals surface area contributed by atoms with Crippen LogP contribution >= 0.6 is 11.8 Å². The Kier molecular flexibility index (Phi) is 3.91. The van der Waals surface area contributed by atoms with Gasteiger partial charge in [-0.05, 0) is 19.1 Å². The standard InChI is InChI=1S/C10H12OS/c1-2-9(8-11)12-10-6-4-3-5-7-10/h2-7,11H,8H2,1H3/b9-2+. The highest BCUT2D eigenvalue weighted by molar-refractivity contribution is 8.03. The third-order valence-corrected chi connectivity index (χ3v) is 2.60. The van der Waals surface area contributed by atoms with Crippen LogP contribution < -0.4 is 0 Å². The molecule has 64 valence electrons. The Morgan fingerprint density at radius 1 is 1.42 bits per heavy atom. The predicted molar refractivity (Wildman–Crippen MR) is 53.1 cm³/mol. The summed E-state index contributed by atoms with van der Waals surface area (Å²) in [6, 6.07) is 10.0. The van der Waals surface area contributed by atoms with E-state index in [1.165, 1.54) is 4.90 Å². The fourth-order valence-corrected chi connectivity index (χ4v) is 1.60. The zero-order valence-electron chi connectivity index (χ0n) is 7.03. The summed E-state index contributed by atoms with van der Waals surface area (Å²) in [5, 5.41) is 8.90. The number of rotatable bonds is 3. The molecule has 0 fully saturated rings. The van der Waals surface area contributed by atoms with Gasteiger partial charge in [0, 0.05) is 9.80 Å². The maximum Gasteiger partial charge on any atom is 0.0740 e. The lowest BCUT2D eigenvalue weighted by Gasteiger charge is -2.01. The molecule has 0 bridgehead atoms. The minimum atomic E-state index is 0.121. The fourth-order valence-electron chi connectivity index (χ4n) is 0.822. The van der Waals surface area contributed by atoms with Crippen LogP contribution in [0.15, 0.2) is 46.2 Å². The van der Waals surface area contributed by atoms with E-state index >= 15 is 0 Å². The molecule has 1 aromatic carbocycles. The monoisotopic (exact) mass is 180 g/mol. The Balaban J connectivity index is 2.64. The SMILES string of the molecule is C/C=C(\CO)Sc1ccccc1. The van der Waals surface area contributed by atoms with Gasteiger partial charge in [0.25, 0.3) is 0 Å². The number of thioether (sulfide) groups is 1. The maximum absolute atomic E-state index is 8.90. The summed E-state index contributed by atoms with van der Waals surface area (Å²) in [6.45, 7) is 2.05. The van der Waals surface area contributed by atoms with Crippen molar-refractivity contribution < 1.29 is 5.11 Å². The molecule has 0 aromatic heterocycles. The van der Waals surface area contributed by atoms with Crippen molar-refractivity contribution in [3.63, 3.8) is 0 Å². The molecule has 1 aromatic rings. The average Bonchev–Trinajstić information content (AvgIpc) is 2.16. The van der Waals surface area contributed by atoms with E-state index < -0.39 is 0 Å². The normalized spacial score (nSPS) is 11.7. The van der Waals surface area contributed by atoms with E-state index in [1.54, 1.807) is 11.8 Å². The Morgan fingerprint density at radius 2 is 2.08 bits per heavy atom. The average molecular weight is 180 g/mol. The lowest BCUT2D eigenvalue weighted by Crippen LogP contribution is -1.83. The van der Waals surface area contributed by atoms with Gasteiger partial charge in [0.15, 0.2) is 0 Å². The first kappa shape index (κ1) is 9.36. The third-order valence-electron chi connectivity index (χ3n) is 1.47. The van der Waals surface area contributed by atoms with Gasteiger partial charge in [-0.1, -0.05) is 36.0 Å². The van der Waals surface area contributed by atoms with Gasteiger partial charge in [0.1, 0.15) is 0 Å². The van der Waals surface area contributed by atoms with Gasteiger partial charge in [-0.15, -0.1) is 0 Å². The van der Waals surface area contributed by atoms with Crippen LogP contribution in [0.2, 0.25) is 0 Å². The molecule has 0 aliphatic heterocycles. The second-order valence-corrected chi connectivity index (χ2v) is 3.53. The van der Waals surface area contributed by atoms with Crippen molar-refractivity contribution in [3.05, 3.63) is 41.3 Å². The number of hydrogen-bond acceptors (Lipinski definition) is 2. The first-order chi connectivity index (χ1) is 5.86. The van der Waals surface area contributed by atoms with Crippen LogP contribution in [0.25, 0.3) is 0 Å². The number of hydrogen-bond donors (Lipinski definition) is 1. The molecule has 0 radical (unpaired) electrons. The number of aliphatic hydroxyl groups excluding tert-OH is 1. The summed E-state index contributed by atoms with van der Waals surface area (Å²) in [4.78, 5) is 2.15. The molecule has 2 heteroatoms. The molecule has 0 heterocycles. The highest BCUT2D eigenvalue weighted by atomic mass is 32.2.